The topological polar surface area (TPSA) is 71.2 Å². The number of carbonyl (C=O) groups is 1. The average Bonchev–Trinajstić information content (AvgIpc) is 2.63. The summed E-state index contributed by atoms with van der Waals surface area (Å²) in [4.78, 5) is 18.9. The van der Waals surface area contributed by atoms with Gasteiger partial charge in [-0.25, -0.2) is 4.98 Å². The number of pyridine rings is 1. The molecule has 3 rings (SSSR count). The standard InChI is InChI=1S/C19H24N4O/c20-17-6-4-15(5-7-17)13-19(24)22-14-16-8-9-21-18(12-16)23-10-2-1-3-11-23/h4-9,12H,1-3,10-11,13-14,20H2,(H,22,24). The van der Waals surface area contributed by atoms with Gasteiger partial charge in [0.2, 0.25) is 5.91 Å². The van der Waals surface area contributed by atoms with E-state index < -0.39 is 0 Å². The third-order valence-electron chi connectivity index (χ3n) is 4.32. The fraction of sp³-hybridized carbons (Fsp3) is 0.368. The first-order chi connectivity index (χ1) is 11.7. The summed E-state index contributed by atoms with van der Waals surface area (Å²) in [5.74, 6) is 1.02. The van der Waals surface area contributed by atoms with Crippen molar-refractivity contribution in [2.45, 2.75) is 32.2 Å². The maximum Gasteiger partial charge on any atom is 0.224 e. The highest BCUT2D eigenvalue weighted by Gasteiger charge is 2.12. The maximum absolute atomic E-state index is 12.1. The third-order valence-corrected chi connectivity index (χ3v) is 4.32. The molecule has 0 saturated carbocycles. The number of rotatable bonds is 5. The molecule has 5 nitrogen and oxygen atoms in total. The molecule has 0 bridgehead atoms. The van der Waals surface area contributed by atoms with Crippen molar-refractivity contribution in [3.8, 4) is 0 Å². The summed E-state index contributed by atoms with van der Waals surface area (Å²) >= 11 is 0. The summed E-state index contributed by atoms with van der Waals surface area (Å²) < 4.78 is 0. The van der Waals surface area contributed by atoms with Crippen molar-refractivity contribution in [3.05, 3.63) is 53.7 Å². The van der Waals surface area contributed by atoms with Gasteiger partial charge in [0.1, 0.15) is 5.82 Å². The van der Waals surface area contributed by atoms with Crippen LogP contribution in [0, 0.1) is 0 Å². The van der Waals surface area contributed by atoms with Gasteiger partial charge in [0.05, 0.1) is 6.42 Å². The van der Waals surface area contributed by atoms with Gasteiger partial charge >= 0.3 is 0 Å². The fourth-order valence-corrected chi connectivity index (χ4v) is 2.95. The Kier molecular flexibility index (Phi) is 5.31. The minimum atomic E-state index is 0.0103. The summed E-state index contributed by atoms with van der Waals surface area (Å²) in [6, 6.07) is 11.4. The molecule has 0 radical (unpaired) electrons. The predicted octanol–water partition coefficient (Wildman–Crippen LogP) is 2.51. The Morgan fingerprint density at radius 2 is 1.83 bits per heavy atom. The second-order valence-electron chi connectivity index (χ2n) is 6.27. The highest BCUT2D eigenvalue weighted by molar-refractivity contribution is 5.78. The molecule has 126 valence electrons. The molecule has 1 fully saturated rings. The van der Waals surface area contributed by atoms with Gasteiger partial charge in [-0.3, -0.25) is 4.79 Å². The Labute approximate surface area is 142 Å². The van der Waals surface area contributed by atoms with Crippen LogP contribution in [0.15, 0.2) is 42.6 Å². The molecule has 2 aromatic rings. The lowest BCUT2D eigenvalue weighted by molar-refractivity contribution is -0.120. The van der Waals surface area contributed by atoms with Crippen molar-refractivity contribution in [1.82, 2.24) is 10.3 Å². The Balaban J connectivity index is 1.54. The number of aromatic nitrogens is 1. The number of benzene rings is 1. The normalized spacial score (nSPS) is 14.4. The highest BCUT2D eigenvalue weighted by Crippen LogP contribution is 2.18. The Morgan fingerprint density at radius 1 is 1.08 bits per heavy atom. The van der Waals surface area contributed by atoms with Gasteiger partial charge < -0.3 is 16.0 Å². The molecule has 1 aromatic carbocycles. The molecule has 1 aliphatic rings. The van der Waals surface area contributed by atoms with Crippen LogP contribution in [0.5, 0.6) is 0 Å². The molecule has 24 heavy (non-hydrogen) atoms. The Morgan fingerprint density at radius 3 is 2.58 bits per heavy atom. The van der Waals surface area contributed by atoms with E-state index in [4.69, 9.17) is 5.73 Å². The van der Waals surface area contributed by atoms with Crippen LogP contribution in [0.1, 0.15) is 30.4 Å². The molecule has 0 atom stereocenters. The summed E-state index contributed by atoms with van der Waals surface area (Å²) in [5, 5.41) is 2.98. The molecular weight excluding hydrogens is 300 g/mol. The summed E-state index contributed by atoms with van der Waals surface area (Å²) in [5.41, 5.74) is 8.41. The lowest BCUT2D eigenvalue weighted by Gasteiger charge is -2.27. The lowest BCUT2D eigenvalue weighted by Crippen LogP contribution is -2.30. The van der Waals surface area contributed by atoms with Crippen molar-refractivity contribution in [2.24, 2.45) is 0 Å². The maximum atomic E-state index is 12.1. The average molecular weight is 324 g/mol. The molecule has 1 saturated heterocycles. The molecule has 1 amide bonds. The van der Waals surface area contributed by atoms with Crippen LogP contribution in [0.2, 0.25) is 0 Å². The van der Waals surface area contributed by atoms with E-state index in [0.717, 1.165) is 30.0 Å². The Bertz CT molecular complexity index is 678. The van der Waals surface area contributed by atoms with Crippen LogP contribution in [0.3, 0.4) is 0 Å². The van der Waals surface area contributed by atoms with Gasteiger partial charge in [-0.2, -0.15) is 0 Å². The quantitative estimate of drug-likeness (QED) is 0.829. The molecular formula is C19H24N4O. The number of carbonyl (C=O) groups excluding carboxylic acids is 1. The summed E-state index contributed by atoms with van der Waals surface area (Å²) in [6.45, 7) is 2.66. The Hall–Kier alpha value is -2.56. The fourth-order valence-electron chi connectivity index (χ4n) is 2.95. The molecule has 1 aliphatic heterocycles. The SMILES string of the molecule is Nc1ccc(CC(=O)NCc2ccnc(N3CCCCC3)c2)cc1. The summed E-state index contributed by atoms with van der Waals surface area (Å²) in [7, 11) is 0. The second-order valence-corrected chi connectivity index (χ2v) is 6.27. The van der Waals surface area contributed by atoms with Crippen LogP contribution in [-0.2, 0) is 17.8 Å². The van der Waals surface area contributed by atoms with Crippen LogP contribution >= 0.6 is 0 Å². The number of nitrogens with two attached hydrogens (primary N) is 1. The number of anilines is 2. The van der Waals surface area contributed by atoms with E-state index in [1.165, 1.54) is 19.3 Å². The van der Waals surface area contributed by atoms with Gasteiger partial charge in [0, 0.05) is 31.5 Å². The molecule has 1 aromatic heterocycles. The van der Waals surface area contributed by atoms with Crippen LogP contribution in [-0.4, -0.2) is 24.0 Å². The largest absolute Gasteiger partial charge is 0.399 e. The van der Waals surface area contributed by atoms with E-state index in [9.17, 15) is 4.79 Å². The first-order valence-electron chi connectivity index (χ1n) is 8.52. The number of nitrogens with zero attached hydrogens (tertiary/aromatic N) is 2. The first kappa shape index (κ1) is 16.3. The van der Waals surface area contributed by atoms with Crippen LogP contribution in [0.25, 0.3) is 0 Å². The zero-order valence-corrected chi connectivity index (χ0v) is 13.9. The number of piperidine rings is 1. The minimum absolute atomic E-state index is 0.0103. The number of nitrogen functional groups attached to an aromatic ring is 1. The minimum Gasteiger partial charge on any atom is -0.399 e. The van der Waals surface area contributed by atoms with E-state index in [1.54, 1.807) is 0 Å². The number of hydrogen-bond acceptors (Lipinski definition) is 4. The highest BCUT2D eigenvalue weighted by atomic mass is 16.1. The van der Waals surface area contributed by atoms with Crippen molar-refractivity contribution in [2.75, 3.05) is 23.7 Å². The number of hydrogen-bond donors (Lipinski definition) is 2. The zero-order valence-electron chi connectivity index (χ0n) is 13.9. The van der Waals surface area contributed by atoms with Crippen LogP contribution in [0.4, 0.5) is 11.5 Å². The monoisotopic (exact) mass is 324 g/mol. The second kappa shape index (κ2) is 7.81. The zero-order chi connectivity index (χ0) is 16.8. The summed E-state index contributed by atoms with van der Waals surface area (Å²) in [6.07, 6.45) is 5.95. The van der Waals surface area contributed by atoms with Gasteiger partial charge in [-0.1, -0.05) is 12.1 Å². The molecule has 0 unspecified atom stereocenters. The van der Waals surface area contributed by atoms with Crippen molar-refractivity contribution in [1.29, 1.82) is 0 Å². The lowest BCUT2D eigenvalue weighted by atomic mass is 10.1. The molecule has 2 heterocycles. The molecule has 0 spiro atoms. The van der Waals surface area contributed by atoms with E-state index in [1.807, 2.05) is 36.5 Å². The van der Waals surface area contributed by atoms with Crippen molar-refractivity contribution >= 4 is 17.4 Å². The van der Waals surface area contributed by atoms with Crippen molar-refractivity contribution in [3.63, 3.8) is 0 Å². The molecule has 5 heteroatoms. The molecule has 0 aliphatic carbocycles. The van der Waals surface area contributed by atoms with Crippen molar-refractivity contribution < 1.29 is 4.79 Å². The smallest absolute Gasteiger partial charge is 0.224 e. The van der Waals surface area contributed by atoms with E-state index >= 15 is 0 Å². The number of amides is 1. The van der Waals surface area contributed by atoms with Gasteiger partial charge in [-0.15, -0.1) is 0 Å². The van der Waals surface area contributed by atoms with Gasteiger partial charge in [0.25, 0.3) is 0 Å². The van der Waals surface area contributed by atoms with Gasteiger partial charge in [0.15, 0.2) is 0 Å². The van der Waals surface area contributed by atoms with E-state index in [2.05, 4.69) is 21.3 Å². The van der Waals surface area contributed by atoms with E-state index in [0.29, 0.717) is 18.7 Å². The first-order valence-corrected chi connectivity index (χ1v) is 8.52. The predicted molar refractivity (Wildman–Crippen MR) is 96.7 cm³/mol. The van der Waals surface area contributed by atoms with Crippen LogP contribution < -0.4 is 16.0 Å². The number of nitrogens with one attached hydrogen (secondary N) is 1. The van der Waals surface area contributed by atoms with Gasteiger partial charge in [-0.05, 0) is 54.7 Å². The molecule has 3 N–H and O–H groups in total. The third kappa shape index (κ3) is 4.47. The van der Waals surface area contributed by atoms with E-state index in [-0.39, 0.29) is 5.91 Å².